The van der Waals surface area contributed by atoms with Crippen LogP contribution in [-0.2, 0) is 4.79 Å². The van der Waals surface area contributed by atoms with E-state index in [1.54, 1.807) is 6.42 Å². The fourth-order valence-corrected chi connectivity index (χ4v) is 0.495. The summed E-state index contributed by atoms with van der Waals surface area (Å²) in [6.45, 7) is 0. The maximum atomic E-state index is 10.0. The van der Waals surface area contributed by atoms with E-state index in [0.717, 1.165) is 12.8 Å². The van der Waals surface area contributed by atoms with Crippen LogP contribution in [0, 0.1) is 12.3 Å². The molecule has 0 heterocycles. The predicted octanol–water partition coefficient (Wildman–Crippen LogP) is 0.0860. The lowest BCUT2D eigenvalue weighted by Gasteiger charge is -1.83. The van der Waals surface area contributed by atoms with Gasteiger partial charge in [0.2, 0.25) is 5.91 Å². The third-order valence-electron chi connectivity index (χ3n) is 1.02. The van der Waals surface area contributed by atoms with Gasteiger partial charge in [-0.05, 0) is 18.8 Å². The first-order valence-electron chi connectivity index (χ1n) is 2.43. The summed E-state index contributed by atoms with van der Waals surface area (Å²) in [5, 5.41) is 0. The van der Waals surface area contributed by atoms with Crippen molar-refractivity contribution in [1.29, 1.82) is 0 Å². The first-order valence-corrected chi connectivity index (χ1v) is 2.43. The monoisotopic (exact) mass is 98.1 g/mol. The number of hydrogen-bond donors (Lipinski definition) is 1. The van der Waals surface area contributed by atoms with Crippen LogP contribution < -0.4 is 5.73 Å². The molecule has 0 spiro atoms. The molecular formula is C5H8NO. The molecule has 1 amide bonds. The van der Waals surface area contributed by atoms with Crippen LogP contribution in [-0.4, -0.2) is 5.91 Å². The highest BCUT2D eigenvalue weighted by Gasteiger charge is 2.23. The van der Waals surface area contributed by atoms with E-state index < -0.39 is 0 Å². The molecule has 1 rings (SSSR count). The van der Waals surface area contributed by atoms with Crippen LogP contribution in [0.25, 0.3) is 0 Å². The molecule has 2 N–H and O–H groups in total. The summed E-state index contributed by atoms with van der Waals surface area (Å²) >= 11 is 0. The number of amides is 1. The van der Waals surface area contributed by atoms with Crippen molar-refractivity contribution in [1.82, 2.24) is 0 Å². The van der Waals surface area contributed by atoms with Gasteiger partial charge in [-0.25, -0.2) is 0 Å². The van der Waals surface area contributed by atoms with Gasteiger partial charge in [0.15, 0.2) is 0 Å². The van der Waals surface area contributed by atoms with E-state index in [0.29, 0.717) is 5.92 Å². The van der Waals surface area contributed by atoms with Crippen LogP contribution >= 0.6 is 0 Å². The molecule has 1 radical (unpaired) electrons. The number of rotatable bonds is 2. The van der Waals surface area contributed by atoms with Crippen molar-refractivity contribution in [3.05, 3.63) is 6.42 Å². The second-order valence-electron chi connectivity index (χ2n) is 1.91. The first-order chi connectivity index (χ1) is 3.29. The Labute approximate surface area is 42.7 Å². The third kappa shape index (κ3) is 1.57. The van der Waals surface area contributed by atoms with Gasteiger partial charge in [-0.1, -0.05) is 0 Å². The zero-order chi connectivity index (χ0) is 5.28. The van der Waals surface area contributed by atoms with Crippen LogP contribution in [0.1, 0.15) is 12.8 Å². The Bertz CT molecular complexity index is 86.1. The normalized spacial score (nSPS) is 19.4. The van der Waals surface area contributed by atoms with Gasteiger partial charge in [-0.3, -0.25) is 4.79 Å². The summed E-state index contributed by atoms with van der Waals surface area (Å²) < 4.78 is 0. The van der Waals surface area contributed by atoms with E-state index in [9.17, 15) is 4.79 Å². The lowest BCUT2D eigenvalue weighted by atomic mass is 10.3. The third-order valence-corrected chi connectivity index (χ3v) is 1.02. The zero-order valence-corrected chi connectivity index (χ0v) is 4.05. The number of primary amides is 1. The number of carbonyl (C=O) groups is 1. The highest BCUT2D eigenvalue weighted by molar-refractivity contribution is 5.83. The first kappa shape index (κ1) is 4.62. The summed E-state index contributed by atoms with van der Waals surface area (Å²) in [7, 11) is 0. The van der Waals surface area contributed by atoms with Gasteiger partial charge in [-0.15, -0.1) is 0 Å². The zero-order valence-electron chi connectivity index (χ0n) is 4.05. The highest BCUT2D eigenvalue weighted by Crippen LogP contribution is 2.30. The van der Waals surface area contributed by atoms with E-state index in [1.165, 1.54) is 0 Å². The Hall–Kier alpha value is -0.530. The molecule has 1 aliphatic carbocycles. The predicted molar refractivity (Wildman–Crippen MR) is 26.2 cm³/mol. The lowest BCUT2D eigenvalue weighted by molar-refractivity contribution is -0.115. The van der Waals surface area contributed by atoms with Crippen molar-refractivity contribution in [2.45, 2.75) is 12.8 Å². The Morgan fingerprint density at radius 1 is 1.71 bits per heavy atom. The average Bonchev–Trinajstić information content (AvgIpc) is 2.17. The average molecular weight is 98.1 g/mol. The van der Waals surface area contributed by atoms with Crippen molar-refractivity contribution < 1.29 is 4.79 Å². The molecule has 0 aliphatic heterocycles. The van der Waals surface area contributed by atoms with Crippen molar-refractivity contribution in [2.24, 2.45) is 11.7 Å². The molecule has 0 aromatic carbocycles. The largest absolute Gasteiger partial charge is 0.369 e. The van der Waals surface area contributed by atoms with Crippen LogP contribution in [0.15, 0.2) is 0 Å². The smallest absolute Gasteiger partial charge is 0.221 e. The fourth-order valence-electron chi connectivity index (χ4n) is 0.495. The van der Waals surface area contributed by atoms with Crippen LogP contribution in [0.4, 0.5) is 0 Å². The van der Waals surface area contributed by atoms with Gasteiger partial charge < -0.3 is 5.73 Å². The van der Waals surface area contributed by atoms with Crippen molar-refractivity contribution in [3.8, 4) is 0 Å². The van der Waals surface area contributed by atoms with Crippen molar-refractivity contribution >= 4 is 5.91 Å². The van der Waals surface area contributed by atoms with E-state index in [4.69, 9.17) is 5.73 Å². The lowest BCUT2D eigenvalue weighted by Crippen LogP contribution is -2.11. The van der Waals surface area contributed by atoms with Gasteiger partial charge in [-0.2, -0.15) is 0 Å². The number of carbonyl (C=O) groups excluding carboxylic acids is 1. The Morgan fingerprint density at radius 2 is 2.29 bits per heavy atom. The van der Waals surface area contributed by atoms with E-state index in [1.807, 2.05) is 0 Å². The summed E-state index contributed by atoms with van der Waals surface area (Å²) in [6, 6.07) is 0. The van der Waals surface area contributed by atoms with Gasteiger partial charge in [0, 0.05) is 0 Å². The number of hydrogen-bond acceptors (Lipinski definition) is 1. The second-order valence-corrected chi connectivity index (χ2v) is 1.91. The van der Waals surface area contributed by atoms with Gasteiger partial charge in [0.1, 0.15) is 0 Å². The van der Waals surface area contributed by atoms with Gasteiger partial charge in [0.25, 0.3) is 0 Å². The minimum Gasteiger partial charge on any atom is -0.369 e. The molecule has 0 atom stereocenters. The minimum absolute atomic E-state index is 0.275. The molecule has 7 heavy (non-hydrogen) atoms. The molecular weight excluding hydrogens is 90.1 g/mol. The van der Waals surface area contributed by atoms with Crippen LogP contribution in [0.5, 0.6) is 0 Å². The van der Waals surface area contributed by atoms with Crippen molar-refractivity contribution in [2.75, 3.05) is 0 Å². The Kier molecular flexibility index (Phi) is 1.01. The van der Waals surface area contributed by atoms with Crippen molar-refractivity contribution in [3.63, 3.8) is 0 Å². The molecule has 39 valence electrons. The topological polar surface area (TPSA) is 43.1 Å². The standard InChI is InChI=1S/C5H8NO/c6-5(7)3-4-1-2-4/h3-4H,1-2H2,(H2,6,7). The fraction of sp³-hybridized carbons (Fsp3) is 0.600. The molecule has 1 aliphatic rings. The SMILES string of the molecule is NC(=O)[CH]C1CC1. The molecule has 0 saturated heterocycles. The van der Waals surface area contributed by atoms with Crippen LogP contribution in [0.3, 0.4) is 0 Å². The van der Waals surface area contributed by atoms with Gasteiger partial charge >= 0.3 is 0 Å². The Morgan fingerprint density at radius 3 is 2.43 bits per heavy atom. The maximum Gasteiger partial charge on any atom is 0.221 e. The van der Waals surface area contributed by atoms with Gasteiger partial charge in [0.05, 0.1) is 6.42 Å². The van der Waals surface area contributed by atoms with Crippen LogP contribution in [0.2, 0.25) is 0 Å². The molecule has 2 nitrogen and oxygen atoms in total. The molecule has 0 aromatic rings. The van der Waals surface area contributed by atoms with E-state index >= 15 is 0 Å². The summed E-state index contributed by atoms with van der Waals surface area (Å²) in [4.78, 5) is 10.0. The van der Waals surface area contributed by atoms with E-state index in [-0.39, 0.29) is 5.91 Å². The molecule has 1 saturated carbocycles. The molecule has 1 fully saturated rings. The molecule has 0 aromatic heterocycles. The summed E-state index contributed by atoms with van der Waals surface area (Å²) in [5.41, 5.74) is 4.84. The maximum absolute atomic E-state index is 10.0. The molecule has 0 unspecified atom stereocenters. The molecule has 0 bridgehead atoms. The quantitative estimate of drug-likeness (QED) is 0.522. The Balaban J connectivity index is 2.08. The molecule has 2 heteroatoms. The summed E-state index contributed by atoms with van der Waals surface area (Å²) in [6.07, 6.45) is 3.89. The summed E-state index contributed by atoms with van der Waals surface area (Å²) in [5.74, 6) is 0.250. The second kappa shape index (κ2) is 1.52. The van der Waals surface area contributed by atoms with E-state index in [2.05, 4.69) is 0 Å². The number of nitrogens with two attached hydrogens (primary N) is 1. The highest BCUT2D eigenvalue weighted by atomic mass is 16.1. The minimum atomic E-state index is -0.275.